The lowest BCUT2D eigenvalue weighted by Crippen LogP contribution is -2.14. The van der Waals surface area contributed by atoms with Crippen LogP contribution in [0.5, 0.6) is 0 Å². The minimum atomic E-state index is -0.0235. The maximum atomic E-state index is 12.2. The van der Waals surface area contributed by atoms with Crippen molar-refractivity contribution in [3.05, 3.63) is 46.6 Å². The van der Waals surface area contributed by atoms with Gasteiger partial charge in [0.05, 0.1) is 5.75 Å². The third kappa shape index (κ3) is 3.60. The number of thiophene rings is 1. The molecule has 1 aromatic carbocycles. The average molecular weight is 358 g/mol. The molecule has 2 aromatic heterocycles. The van der Waals surface area contributed by atoms with Crippen LogP contribution < -0.4 is 5.32 Å². The van der Waals surface area contributed by atoms with E-state index < -0.39 is 0 Å². The molecule has 0 fully saturated rings. The number of aromatic nitrogens is 2. The largest absolute Gasteiger partial charge is 0.325 e. The molecular formula is C18H19N3OS2. The van der Waals surface area contributed by atoms with Crippen LogP contribution in [0.15, 0.2) is 35.6 Å². The molecule has 4 nitrogen and oxygen atoms in total. The first kappa shape index (κ1) is 16.9. The molecule has 0 aliphatic rings. The van der Waals surface area contributed by atoms with E-state index in [4.69, 9.17) is 0 Å². The molecule has 2 heterocycles. The van der Waals surface area contributed by atoms with Gasteiger partial charge in [0.15, 0.2) is 0 Å². The second-order valence-electron chi connectivity index (χ2n) is 5.53. The predicted octanol–water partition coefficient (Wildman–Crippen LogP) is 4.60. The number of anilines is 1. The molecule has 0 saturated heterocycles. The average Bonchev–Trinajstić information content (AvgIpc) is 2.88. The molecule has 0 aliphatic heterocycles. The zero-order chi connectivity index (χ0) is 17.1. The van der Waals surface area contributed by atoms with Crippen LogP contribution >= 0.6 is 23.1 Å². The summed E-state index contributed by atoms with van der Waals surface area (Å²) in [5.41, 5.74) is 3.26. The summed E-state index contributed by atoms with van der Waals surface area (Å²) >= 11 is 3.13. The third-order valence-electron chi connectivity index (χ3n) is 3.89. The monoisotopic (exact) mass is 357 g/mol. The lowest BCUT2D eigenvalue weighted by atomic mass is 10.1. The lowest BCUT2D eigenvalue weighted by Gasteiger charge is -2.07. The maximum Gasteiger partial charge on any atom is 0.234 e. The number of rotatable bonds is 5. The summed E-state index contributed by atoms with van der Waals surface area (Å²) in [4.78, 5) is 23.2. The van der Waals surface area contributed by atoms with E-state index in [-0.39, 0.29) is 5.91 Å². The first-order valence-corrected chi connectivity index (χ1v) is 9.61. The Balaban J connectivity index is 1.70. The number of hydrogen-bond donors (Lipinski definition) is 1. The van der Waals surface area contributed by atoms with E-state index in [9.17, 15) is 4.79 Å². The molecule has 1 amide bonds. The topological polar surface area (TPSA) is 54.9 Å². The van der Waals surface area contributed by atoms with Gasteiger partial charge < -0.3 is 5.32 Å². The van der Waals surface area contributed by atoms with Gasteiger partial charge in [-0.2, -0.15) is 0 Å². The van der Waals surface area contributed by atoms with Crippen LogP contribution in [0.1, 0.15) is 22.9 Å². The van der Waals surface area contributed by atoms with Crippen LogP contribution in [0.2, 0.25) is 0 Å². The summed E-state index contributed by atoms with van der Waals surface area (Å²) in [5, 5.41) is 4.90. The van der Waals surface area contributed by atoms with E-state index >= 15 is 0 Å². The molecular weight excluding hydrogens is 338 g/mol. The zero-order valence-corrected chi connectivity index (χ0v) is 15.6. The number of thioether (sulfide) groups is 1. The summed E-state index contributed by atoms with van der Waals surface area (Å²) in [6.07, 6.45) is 2.52. The fourth-order valence-corrected chi connectivity index (χ4v) is 4.38. The Morgan fingerprint density at radius 1 is 1.29 bits per heavy atom. The van der Waals surface area contributed by atoms with Gasteiger partial charge in [-0.3, -0.25) is 4.79 Å². The van der Waals surface area contributed by atoms with Gasteiger partial charge in [0, 0.05) is 16.0 Å². The fraction of sp³-hybridized carbons (Fsp3) is 0.278. The molecule has 0 saturated carbocycles. The number of nitrogens with zero attached hydrogens (tertiary/aromatic N) is 2. The summed E-state index contributed by atoms with van der Waals surface area (Å²) in [5.74, 6) is 0.307. The highest BCUT2D eigenvalue weighted by Gasteiger charge is 2.13. The molecule has 0 spiro atoms. The first-order valence-electron chi connectivity index (χ1n) is 7.80. The van der Waals surface area contributed by atoms with E-state index in [0.717, 1.165) is 27.4 Å². The van der Waals surface area contributed by atoms with Gasteiger partial charge in [0.1, 0.15) is 16.2 Å². The van der Waals surface area contributed by atoms with Gasteiger partial charge in [0.25, 0.3) is 0 Å². The van der Waals surface area contributed by atoms with Crippen molar-refractivity contribution in [2.75, 3.05) is 11.1 Å². The second kappa shape index (κ2) is 7.32. The Hall–Kier alpha value is -1.92. The molecule has 0 aliphatic carbocycles. The van der Waals surface area contributed by atoms with Gasteiger partial charge in [-0.25, -0.2) is 9.97 Å². The van der Waals surface area contributed by atoms with E-state index in [1.165, 1.54) is 27.8 Å². The fourth-order valence-electron chi connectivity index (χ4n) is 2.46. The minimum Gasteiger partial charge on any atom is -0.325 e. The smallest absolute Gasteiger partial charge is 0.234 e. The highest BCUT2D eigenvalue weighted by Crippen LogP contribution is 2.34. The van der Waals surface area contributed by atoms with Crippen molar-refractivity contribution in [2.24, 2.45) is 0 Å². The van der Waals surface area contributed by atoms with Crippen LogP contribution in [0.3, 0.4) is 0 Å². The molecule has 3 aromatic rings. The van der Waals surface area contributed by atoms with Gasteiger partial charge in [-0.05, 0) is 43.5 Å². The van der Waals surface area contributed by atoms with Gasteiger partial charge in [-0.1, -0.05) is 30.8 Å². The summed E-state index contributed by atoms with van der Waals surface area (Å²) in [6, 6.07) is 7.95. The van der Waals surface area contributed by atoms with Crippen molar-refractivity contribution < 1.29 is 4.79 Å². The lowest BCUT2D eigenvalue weighted by molar-refractivity contribution is -0.113. The van der Waals surface area contributed by atoms with E-state index in [0.29, 0.717) is 5.75 Å². The van der Waals surface area contributed by atoms with Crippen molar-refractivity contribution in [3.63, 3.8) is 0 Å². The SMILES string of the molecule is CCc1cccc(NC(=O)CSc2ncnc3sc(C)c(C)c23)c1. The number of carbonyl (C=O) groups is 1. The normalized spacial score (nSPS) is 11.0. The molecule has 124 valence electrons. The summed E-state index contributed by atoms with van der Waals surface area (Å²) in [6.45, 7) is 6.27. The van der Waals surface area contributed by atoms with Gasteiger partial charge in [0.2, 0.25) is 5.91 Å². The van der Waals surface area contributed by atoms with Crippen molar-refractivity contribution in [1.29, 1.82) is 0 Å². The van der Waals surface area contributed by atoms with Crippen LogP contribution in [-0.2, 0) is 11.2 Å². The number of aryl methyl sites for hydroxylation is 3. The zero-order valence-electron chi connectivity index (χ0n) is 13.9. The Morgan fingerprint density at radius 2 is 2.12 bits per heavy atom. The van der Waals surface area contributed by atoms with Crippen molar-refractivity contribution >= 4 is 44.9 Å². The van der Waals surface area contributed by atoms with Gasteiger partial charge in [-0.15, -0.1) is 11.3 Å². The Kier molecular flexibility index (Phi) is 5.16. The number of nitrogens with one attached hydrogen (secondary N) is 1. The highest BCUT2D eigenvalue weighted by molar-refractivity contribution is 8.00. The molecule has 0 radical (unpaired) electrons. The quantitative estimate of drug-likeness (QED) is 0.535. The number of benzene rings is 1. The number of hydrogen-bond acceptors (Lipinski definition) is 5. The van der Waals surface area contributed by atoms with Gasteiger partial charge >= 0.3 is 0 Å². The van der Waals surface area contributed by atoms with Crippen molar-refractivity contribution in [3.8, 4) is 0 Å². The first-order chi connectivity index (χ1) is 11.6. The number of fused-ring (bicyclic) bond motifs is 1. The Bertz CT molecular complexity index is 889. The summed E-state index contributed by atoms with van der Waals surface area (Å²) in [7, 11) is 0. The molecule has 0 unspecified atom stereocenters. The summed E-state index contributed by atoms with van der Waals surface area (Å²) < 4.78 is 0. The van der Waals surface area contributed by atoms with Crippen molar-refractivity contribution in [1.82, 2.24) is 9.97 Å². The molecule has 3 rings (SSSR count). The Morgan fingerprint density at radius 3 is 2.92 bits per heavy atom. The maximum absolute atomic E-state index is 12.2. The molecule has 1 N–H and O–H groups in total. The second-order valence-corrected chi connectivity index (χ2v) is 7.70. The molecule has 0 atom stereocenters. The Labute approximate surface area is 149 Å². The molecule has 0 bridgehead atoms. The van der Waals surface area contributed by atoms with Crippen LogP contribution in [-0.4, -0.2) is 21.6 Å². The van der Waals surface area contributed by atoms with Crippen LogP contribution in [0, 0.1) is 13.8 Å². The van der Waals surface area contributed by atoms with Crippen LogP contribution in [0.25, 0.3) is 10.2 Å². The highest BCUT2D eigenvalue weighted by atomic mass is 32.2. The minimum absolute atomic E-state index is 0.0235. The molecule has 24 heavy (non-hydrogen) atoms. The van der Waals surface area contributed by atoms with E-state index in [1.807, 2.05) is 18.2 Å². The third-order valence-corrected chi connectivity index (χ3v) is 5.99. The number of carbonyl (C=O) groups excluding carboxylic acids is 1. The van der Waals surface area contributed by atoms with Crippen molar-refractivity contribution in [2.45, 2.75) is 32.2 Å². The van der Waals surface area contributed by atoms with E-state index in [2.05, 4.69) is 42.1 Å². The predicted molar refractivity (Wildman–Crippen MR) is 102 cm³/mol. The van der Waals surface area contributed by atoms with E-state index in [1.54, 1.807) is 17.7 Å². The number of amides is 1. The van der Waals surface area contributed by atoms with Crippen LogP contribution in [0.4, 0.5) is 5.69 Å². The molecule has 6 heteroatoms. The standard InChI is InChI=1S/C18H19N3OS2/c1-4-13-6-5-7-14(8-13)21-15(22)9-23-17-16-11(2)12(3)24-18(16)20-10-19-17/h5-8,10H,4,9H2,1-3H3,(H,21,22).